The first-order valence-electron chi connectivity index (χ1n) is 6.03. The molecule has 0 bridgehead atoms. The van der Waals surface area contributed by atoms with Gasteiger partial charge >= 0.3 is 0 Å². The number of hydrogen-bond donors (Lipinski definition) is 1. The van der Waals surface area contributed by atoms with Crippen LogP contribution in [0.2, 0.25) is 0 Å². The molecule has 0 saturated carbocycles. The van der Waals surface area contributed by atoms with E-state index < -0.39 is 11.6 Å². The zero-order chi connectivity index (χ0) is 14.5. The summed E-state index contributed by atoms with van der Waals surface area (Å²) in [6.07, 6.45) is 0. The largest absolute Gasteiger partial charge is 0.497 e. The van der Waals surface area contributed by atoms with Gasteiger partial charge in [-0.3, -0.25) is 0 Å². The average molecular weight is 279 g/mol. The SMILES string of the molecule is COc1ccc(NCc2cc(F)cc(F)c2)c(OC)c1. The van der Waals surface area contributed by atoms with Crippen LogP contribution in [0.25, 0.3) is 0 Å². The molecule has 0 unspecified atom stereocenters. The van der Waals surface area contributed by atoms with Gasteiger partial charge in [-0.15, -0.1) is 0 Å². The van der Waals surface area contributed by atoms with E-state index in [0.29, 0.717) is 17.1 Å². The number of rotatable bonds is 5. The second-order valence-corrected chi connectivity index (χ2v) is 4.20. The van der Waals surface area contributed by atoms with Crippen LogP contribution < -0.4 is 14.8 Å². The van der Waals surface area contributed by atoms with Gasteiger partial charge in [-0.05, 0) is 29.8 Å². The predicted molar refractivity (Wildman–Crippen MR) is 73.2 cm³/mol. The van der Waals surface area contributed by atoms with Crippen molar-refractivity contribution in [3.63, 3.8) is 0 Å². The molecule has 0 fully saturated rings. The van der Waals surface area contributed by atoms with Crippen LogP contribution in [0.3, 0.4) is 0 Å². The molecule has 2 aromatic carbocycles. The smallest absolute Gasteiger partial charge is 0.145 e. The summed E-state index contributed by atoms with van der Waals surface area (Å²) in [7, 11) is 3.11. The molecule has 2 rings (SSSR count). The van der Waals surface area contributed by atoms with Crippen LogP contribution in [0.1, 0.15) is 5.56 Å². The average Bonchev–Trinajstić information content (AvgIpc) is 2.44. The molecule has 0 aliphatic rings. The minimum absolute atomic E-state index is 0.289. The lowest BCUT2D eigenvalue weighted by Crippen LogP contribution is -2.02. The maximum absolute atomic E-state index is 13.1. The van der Waals surface area contributed by atoms with Crippen molar-refractivity contribution in [2.75, 3.05) is 19.5 Å². The van der Waals surface area contributed by atoms with E-state index in [1.54, 1.807) is 32.4 Å². The third kappa shape index (κ3) is 3.38. The molecule has 106 valence electrons. The van der Waals surface area contributed by atoms with Crippen molar-refractivity contribution in [1.29, 1.82) is 0 Å². The van der Waals surface area contributed by atoms with Gasteiger partial charge in [0.05, 0.1) is 19.9 Å². The first-order valence-corrected chi connectivity index (χ1v) is 6.03. The van der Waals surface area contributed by atoms with Crippen LogP contribution in [0.15, 0.2) is 36.4 Å². The summed E-state index contributed by atoms with van der Waals surface area (Å²) in [5.74, 6) is 0.0809. The van der Waals surface area contributed by atoms with Crippen molar-refractivity contribution in [3.8, 4) is 11.5 Å². The Morgan fingerprint density at radius 3 is 2.25 bits per heavy atom. The molecule has 5 heteroatoms. The van der Waals surface area contributed by atoms with Gasteiger partial charge in [-0.25, -0.2) is 8.78 Å². The minimum atomic E-state index is -0.594. The van der Waals surface area contributed by atoms with Gasteiger partial charge in [0.25, 0.3) is 0 Å². The molecule has 0 aromatic heterocycles. The summed E-state index contributed by atoms with van der Waals surface area (Å²) in [6.45, 7) is 0.289. The van der Waals surface area contributed by atoms with Crippen molar-refractivity contribution in [3.05, 3.63) is 53.6 Å². The molecule has 0 saturated heterocycles. The van der Waals surface area contributed by atoms with Gasteiger partial charge < -0.3 is 14.8 Å². The van der Waals surface area contributed by atoms with E-state index in [4.69, 9.17) is 9.47 Å². The summed E-state index contributed by atoms with van der Waals surface area (Å²) in [5.41, 5.74) is 1.23. The highest BCUT2D eigenvalue weighted by molar-refractivity contribution is 5.59. The van der Waals surface area contributed by atoms with Crippen molar-refractivity contribution in [2.45, 2.75) is 6.54 Å². The Morgan fingerprint density at radius 2 is 1.65 bits per heavy atom. The standard InChI is InChI=1S/C15H15F2NO2/c1-19-13-3-4-14(15(8-13)20-2)18-9-10-5-11(16)7-12(17)6-10/h3-8,18H,9H2,1-2H3. The van der Waals surface area contributed by atoms with Crippen molar-refractivity contribution >= 4 is 5.69 Å². The molecule has 0 amide bonds. The highest BCUT2D eigenvalue weighted by Gasteiger charge is 2.06. The maximum atomic E-state index is 13.1. The lowest BCUT2D eigenvalue weighted by molar-refractivity contribution is 0.395. The number of halogens is 2. The van der Waals surface area contributed by atoms with E-state index in [1.165, 1.54) is 12.1 Å². The molecule has 0 aliphatic carbocycles. The molecular weight excluding hydrogens is 264 g/mol. The van der Waals surface area contributed by atoms with E-state index in [0.717, 1.165) is 11.8 Å². The zero-order valence-electron chi connectivity index (χ0n) is 11.2. The summed E-state index contributed by atoms with van der Waals surface area (Å²) >= 11 is 0. The highest BCUT2D eigenvalue weighted by Crippen LogP contribution is 2.29. The molecule has 2 aromatic rings. The minimum Gasteiger partial charge on any atom is -0.497 e. The van der Waals surface area contributed by atoms with E-state index in [1.807, 2.05) is 0 Å². The number of nitrogens with one attached hydrogen (secondary N) is 1. The van der Waals surface area contributed by atoms with Gasteiger partial charge in [-0.1, -0.05) is 0 Å². The quantitative estimate of drug-likeness (QED) is 0.907. The van der Waals surface area contributed by atoms with E-state index >= 15 is 0 Å². The number of ether oxygens (including phenoxy) is 2. The lowest BCUT2D eigenvalue weighted by Gasteiger charge is -2.12. The van der Waals surface area contributed by atoms with Crippen molar-refractivity contribution < 1.29 is 18.3 Å². The molecule has 0 aliphatic heterocycles. The number of methoxy groups -OCH3 is 2. The normalized spacial score (nSPS) is 10.2. The van der Waals surface area contributed by atoms with E-state index in [9.17, 15) is 8.78 Å². The van der Waals surface area contributed by atoms with Gasteiger partial charge in [0.2, 0.25) is 0 Å². The number of hydrogen-bond acceptors (Lipinski definition) is 3. The van der Waals surface area contributed by atoms with Gasteiger partial charge in [0.1, 0.15) is 23.1 Å². The summed E-state index contributed by atoms with van der Waals surface area (Å²) in [5, 5.41) is 3.07. The molecule has 3 nitrogen and oxygen atoms in total. The van der Waals surface area contributed by atoms with Crippen molar-refractivity contribution in [1.82, 2.24) is 0 Å². The van der Waals surface area contributed by atoms with Crippen LogP contribution in [0.5, 0.6) is 11.5 Å². The van der Waals surface area contributed by atoms with Crippen LogP contribution >= 0.6 is 0 Å². The summed E-state index contributed by atoms with van der Waals surface area (Å²) in [6, 6.07) is 8.70. The Labute approximate surface area is 116 Å². The number of benzene rings is 2. The van der Waals surface area contributed by atoms with Gasteiger partial charge in [-0.2, -0.15) is 0 Å². The van der Waals surface area contributed by atoms with Crippen LogP contribution in [-0.2, 0) is 6.54 Å². The van der Waals surface area contributed by atoms with Gasteiger partial charge in [0.15, 0.2) is 0 Å². The fourth-order valence-electron chi connectivity index (χ4n) is 1.85. The second-order valence-electron chi connectivity index (χ2n) is 4.20. The lowest BCUT2D eigenvalue weighted by atomic mass is 10.2. The molecule has 0 spiro atoms. The van der Waals surface area contributed by atoms with Crippen LogP contribution in [0, 0.1) is 11.6 Å². The predicted octanol–water partition coefficient (Wildman–Crippen LogP) is 3.59. The second kappa shape index (κ2) is 6.23. The number of anilines is 1. The highest BCUT2D eigenvalue weighted by atomic mass is 19.1. The zero-order valence-corrected chi connectivity index (χ0v) is 11.2. The molecule has 20 heavy (non-hydrogen) atoms. The van der Waals surface area contributed by atoms with E-state index in [-0.39, 0.29) is 6.54 Å². The molecule has 0 heterocycles. The Balaban J connectivity index is 2.14. The topological polar surface area (TPSA) is 30.5 Å². The Morgan fingerprint density at radius 1 is 0.950 bits per heavy atom. The molecule has 0 atom stereocenters. The third-order valence-corrected chi connectivity index (χ3v) is 2.81. The van der Waals surface area contributed by atoms with E-state index in [2.05, 4.69) is 5.32 Å². The fraction of sp³-hybridized carbons (Fsp3) is 0.200. The first kappa shape index (κ1) is 14.1. The molecule has 1 N–H and O–H groups in total. The Kier molecular flexibility index (Phi) is 4.40. The Bertz CT molecular complexity index is 582. The Hall–Kier alpha value is -2.30. The van der Waals surface area contributed by atoms with Crippen molar-refractivity contribution in [2.24, 2.45) is 0 Å². The summed E-state index contributed by atoms with van der Waals surface area (Å²) in [4.78, 5) is 0. The van der Waals surface area contributed by atoms with Crippen LogP contribution in [0.4, 0.5) is 14.5 Å². The van der Waals surface area contributed by atoms with Gasteiger partial charge in [0, 0.05) is 18.7 Å². The molecule has 0 radical (unpaired) electrons. The maximum Gasteiger partial charge on any atom is 0.145 e. The first-order chi connectivity index (χ1) is 9.62. The molecular formula is C15H15F2NO2. The fourth-order valence-corrected chi connectivity index (χ4v) is 1.85. The monoisotopic (exact) mass is 279 g/mol. The third-order valence-electron chi connectivity index (χ3n) is 2.81. The summed E-state index contributed by atoms with van der Waals surface area (Å²) < 4.78 is 36.5. The van der Waals surface area contributed by atoms with Crippen LogP contribution in [-0.4, -0.2) is 14.2 Å².